The molecule has 4 aromatic rings. The molecule has 2 aromatic carbocycles. The van der Waals surface area contributed by atoms with E-state index in [1.165, 1.54) is 5.56 Å². The van der Waals surface area contributed by atoms with Crippen molar-refractivity contribution in [2.75, 3.05) is 7.11 Å². The molecular weight excluding hydrogens is 358 g/mol. The number of benzene rings is 2. The van der Waals surface area contributed by atoms with Crippen molar-refractivity contribution in [1.82, 2.24) is 14.5 Å². The van der Waals surface area contributed by atoms with E-state index in [9.17, 15) is 0 Å². The molecule has 136 valence electrons. The van der Waals surface area contributed by atoms with E-state index >= 15 is 0 Å². The highest BCUT2D eigenvalue weighted by atomic mass is 35.5. The summed E-state index contributed by atoms with van der Waals surface area (Å²) in [5, 5.41) is 0. The quantitative estimate of drug-likeness (QED) is 0.482. The van der Waals surface area contributed by atoms with Crippen LogP contribution in [-0.2, 0) is 0 Å². The first-order valence-corrected chi connectivity index (χ1v) is 8.47. The van der Waals surface area contributed by atoms with Crippen LogP contribution in [0.15, 0.2) is 66.9 Å². The zero-order valence-corrected chi connectivity index (χ0v) is 16.0. The number of rotatable bonds is 4. The molecule has 0 aliphatic rings. The van der Waals surface area contributed by atoms with Gasteiger partial charge in [0.2, 0.25) is 0 Å². The average Bonchev–Trinajstić information content (AvgIpc) is 3.04. The van der Waals surface area contributed by atoms with E-state index in [4.69, 9.17) is 9.72 Å². The zero-order valence-electron chi connectivity index (χ0n) is 15.2. The maximum atomic E-state index is 5.21. The molecular formula is C22H20ClN3O. The minimum atomic E-state index is 0. The van der Waals surface area contributed by atoms with Gasteiger partial charge in [0, 0.05) is 6.20 Å². The van der Waals surface area contributed by atoms with Gasteiger partial charge in [0.1, 0.15) is 17.4 Å². The summed E-state index contributed by atoms with van der Waals surface area (Å²) in [4.78, 5) is 9.31. The number of hydrogen-bond acceptors (Lipinski definition) is 3. The van der Waals surface area contributed by atoms with Gasteiger partial charge in [0.05, 0.1) is 18.1 Å². The molecule has 0 saturated carbocycles. The molecule has 0 spiro atoms. The first kappa shape index (κ1) is 18.7. The number of aromatic nitrogens is 3. The van der Waals surface area contributed by atoms with Crippen LogP contribution in [0.5, 0.6) is 5.75 Å². The number of nitrogens with zero attached hydrogens (tertiary/aromatic N) is 3. The lowest BCUT2D eigenvalue weighted by Crippen LogP contribution is -1.99. The number of ether oxygens (including phenoxy) is 1. The van der Waals surface area contributed by atoms with Gasteiger partial charge in [0.15, 0.2) is 0 Å². The van der Waals surface area contributed by atoms with Crippen molar-refractivity contribution in [2.24, 2.45) is 0 Å². The highest BCUT2D eigenvalue weighted by Gasteiger charge is 2.11. The maximum Gasteiger partial charge on any atom is 0.139 e. The van der Waals surface area contributed by atoms with Crippen molar-refractivity contribution in [1.29, 1.82) is 0 Å². The summed E-state index contributed by atoms with van der Waals surface area (Å²) in [6.45, 7) is 2.08. The third kappa shape index (κ3) is 3.86. The predicted molar refractivity (Wildman–Crippen MR) is 113 cm³/mol. The summed E-state index contributed by atoms with van der Waals surface area (Å²) in [5.41, 5.74) is 4.28. The van der Waals surface area contributed by atoms with Crippen LogP contribution in [-0.4, -0.2) is 21.6 Å². The summed E-state index contributed by atoms with van der Waals surface area (Å²) in [5.74, 6) is 2.55. The Hall–Kier alpha value is -3.11. The normalized spacial score (nSPS) is 10.9. The van der Waals surface area contributed by atoms with Gasteiger partial charge in [-0.2, -0.15) is 0 Å². The molecule has 0 saturated heterocycles. The molecule has 0 aliphatic heterocycles. The van der Waals surface area contributed by atoms with Gasteiger partial charge in [-0.1, -0.05) is 30.3 Å². The monoisotopic (exact) mass is 377 g/mol. The van der Waals surface area contributed by atoms with Crippen LogP contribution in [0.25, 0.3) is 29.0 Å². The summed E-state index contributed by atoms with van der Waals surface area (Å²) in [7, 11) is 1.67. The predicted octanol–water partition coefficient (Wildman–Crippen LogP) is 5.33. The Kier molecular flexibility index (Phi) is 5.57. The molecule has 0 atom stereocenters. The minimum absolute atomic E-state index is 0. The van der Waals surface area contributed by atoms with Crippen molar-refractivity contribution in [3.63, 3.8) is 0 Å². The van der Waals surface area contributed by atoms with E-state index in [-0.39, 0.29) is 12.4 Å². The first-order chi connectivity index (χ1) is 12.7. The van der Waals surface area contributed by atoms with E-state index in [1.807, 2.05) is 54.6 Å². The van der Waals surface area contributed by atoms with Gasteiger partial charge in [-0.25, -0.2) is 9.97 Å². The topological polar surface area (TPSA) is 39.9 Å². The largest absolute Gasteiger partial charge is 0.497 e. The third-order valence-electron chi connectivity index (χ3n) is 4.25. The van der Waals surface area contributed by atoms with Crippen LogP contribution >= 0.6 is 12.4 Å². The van der Waals surface area contributed by atoms with E-state index < -0.39 is 0 Å². The summed E-state index contributed by atoms with van der Waals surface area (Å²) in [6, 6.07) is 20.1. The molecule has 0 unspecified atom stereocenters. The van der Waals surface area contributed by atoms with Crippen LogP contribution < -0.4 is 4.74 Å². The fourth-order valence-corrected chi connectivity index (χ4v) is 2.93. The highest BCUT2D eigenvalue weighted by Crippen LogP contribution is 2.23. The van der Waals surface area contributed by atoms with Gasteiger partial charge in [-0.15, -0.1) is 12.4 Å². The average molecular weight is 378 g/mol. The van der Waals surface area contributed by atoms with Gasteiger partial charge in [-0.3, -0.25) is 4.57 Å². The van der Waals surface area contributed by atoms with Crippen LogP contribution in [0.2, 0.25) is 0 Å². The van der Waals surface area contributed by atoms with Gasteiger partial charge in [-0.05, 0) is 60.5 Å². The molecule has 2 aromatic heterocycles. The van der Waals surface area contributed by atoms with Crippen LogP contribution in [0, 0.1) is 6.92 Å². The van der Waals surface area contributed by atoms with Crippen molar-refractivity contribution < 1.29 is 4.74 Å². The first-order valence-electron chi connectivity index (χ1n) is 8.47. The second-order valence-electron chi connectivity index (χ2n) is 6.09. The van der Waals surface area contributed by atoms with E-state index in [0.717, 1.165) is 34.0 Å². The minimum Gasteiger partial charge on any atom is -0.497 e. The number of fused-ring (bicyclic) bond motifs is 1. The lowest BCUT2D eigenvalue weighted by Gasteiger charge is -2.06. The Bertz CT molecular complexity index is 1070. The van der Waals surface area contributed by atoms with Crippen LogP contribution in [0.3, 0.4) is 0 Å². The molecule has 2 heterocycles. The Labute approximate surface area is 164 Å². The molecule has 4 rings (SSSR count). The number of hydrogen-bond donors (Lipinski definition) is 0. The summed E-state index contributed by atoms with van der Waals surface area (Å²) in [6.07, 6.45) is 5.87. The van der Waals surface area contributed by atoms with Crippen molar-refractivity contribution in [2.45, 2.75) is 6.92 Å². The van der Waals surface area contributed by atoms with E-state index in [2.05, 4.69) is 34.7 Å². The second kappa shape index (κ2) is 8.06. The standard InChI is InChI=1S/C22H19N3O.ClH/c1-16-6-12-20-19(15-16)24-22(25(20)21-5-3-4-14-23-21)13-9-17-7-10-18(26-2)11-8-17;/h3-15H,1-2H3;1H. The Morgan fingerprint density at radius 3 is 2.48 bits per heavy atom. The molecule has 0 aliphatic carbocycles. The SMILES string of the molecule is COc1ccc(C=Cc2nc3cc(C)ccc3n2-c2ccccn2)cc1.Cl. The second-order valence-corrected chi connectivity index (χ2v) is 6.09. The fourth-order valence-electron chi connectivity index (χ4n) is 2.93. The number of aryl methyl sites for hydroxylation is 1. The third-order valence-corrected chi connectivity index (χ3v) is 4.25. The van der Waals surface area contributed by atoms with Gasteiger partial charge < -0.3 is 4.74 Å². The molecule has 5 heteroatoms. The van der Waals surface area contributed by atoms with Crippen LogP contribution in [0.4, 0.5) is 0 Å². The smallest absolute Gasteiger partial charge is 0.139 e. The molecule has 0 radical (unpaired) electrons. The van der Waals surface area contributed by atoms with Crippen molar-refractivity contribution >= 4 is 35.6 Å². The Morgan fingerprint density at radius 1 is 0.963 bits per heavy atom. The summed E-state index contributed by atoms with van der Waals surface area (Å²) >= 11 is 0. The molecule has 0 N–H and O–H groups in total. The fraction of sp³-hybridized carbons (Fsp3) is 0.0909. The van der Waals surface area contributed by atoms with Crippen LogP contribution in [0.1, 0.15) is 17.0 Å². The molecule has 0 bridgehead atoms. The highest BCUT2D eigenvalue weighted by molar-refractivity contribution is 5.85. The molecule has 0 fully saturated rings. The van der Waals surface area contributed by atoms with Gasteiger partial charge in [0.25, 0.3) is 0 Å². The molecule has 0 amide bonds. The lowest BCUT2D eigenvalue weighted by atomic mass is 10.2. The number of imidazole rings is 1. The van der Waals surface area contributed by atoms with E-state index in [1.54, 1.807) is 13.3 Å². The van der Waals surface area contributed by atoms with Gasteiger partial charge >= 0.3 is 0 Å². The van der Waals surface area contributed by atoms with E-state index in [0.29, 0.717) is 0 Å². The number of methoxy groups -OCH3 is 1. The summed E-state index contributed by atoms with van der Waals surface area (Å²) < 4.78 is 7.29. The lowest BCUT2D eigenvalue weighted by molar-refractivity contribution is 0.415. The number of pyridine rings is 1. The van der Waals surface area contributed by atoms with Crippen molar-refractivity contribution in [3.05, 3.63) is 83.8 Å². The molecule has 4 nitrogen and oxygen atoms in total. The molecule has 27 heavy (non-hydrogen) atoms. The van der Waals surface area contributed by atoms with Crippen molar-refractivity contribution in [3.8, 4) is 11.6 Å². The number of halogens is 1. The zero-order chi connectivity index (χ0) is 17.9. The maximum absolute atomic E-state index is 5.21. The Morgan fingerprint density at radius 2 is 1.78 bits per heavy atom. The Balaban J connectivity index is 0.00000210.